The average Bonchev–Trinajstić information content (AvgIpc) is 2.19. The Kier molecular flexibility index (Phi) is 2.23. The second-order valence-corrected chi connectivity index (χ2v) is 3.02. The molecule has 13 heavy (non-hydrogen) atoms. The van der Waals surface area contributed by atoms with Gasteiger partial charge in [-0.25, -0.2) is 0 Å². The highest BCUT2D eigenvalue weighted by atomic mass is 35.5. The molecule has 3 heteroatoms. The number of benzene rings is 1. The minimum Gasteiger partial charge on any atom is -0.157 e. The first-order valence-electron chi connectivity index (χ1n) is 3.90. The second-order valence-electron chi connectivity index (χ2n) is 2.63. The Hall–Kier alpha value is -1.41. The van der Waals surface area contributed by atoms with Crippen molar-refractivity contribution in [3.05, 3.63) is 47.7 Å². The van der Waals surface area contributed by atoms with Gasteiger partial charge in [-0.05, 0) is 11.6 Å². The Morgan fingerprint density at radius 3 is 2.46 bits per heavy atom. The molecule has 0 bridgehead atoms. The highest BCUT2D eigenvalue weighted by Crippen LogP contribution is 2.19. The molecule has 0 saturated carbocycles. The van der Waals surface area contributed by atoms with Crippen molar-refractivity contribution in [2.45, 2.75) is 0 Å². The van der Waals surface area contributed by atoms with Crippen molar-refractivity contribution in [1.82, 2.24) is 10.2 Å². The van der Waals surface area contributed by atoms with E-state index in [2.05, 4.69) is 10.2 Å². The fourth-order valence-electron chi connectivity index (χ4n) is 1.13. The first-order valence-corrected chi connectivity index (χ1v) is 4.28. The summed E-state index contributed by atoms with van der Waals surface area (Å²) >= 11 is 5.72. The molecule has 0 aliphatic carbocycles. The van der Waals surface area contributed by atoms with E-state index in [0.717, 1.165) is 11.1 Å². The summed E-state index contributed by atoms with van der Waals surface area (Å²) in [5.74, 6) is 0. The summed E-state index contributed by atoms with van der Waals surface area (Å²) in [5, 5.41) is 7.88. The Labute approximate surface area is 81.2 Å². The molecule has 0 aliphatic heterocycles. The Balaban J connectivity index is 2.48. The van der Waals surface area contributed by atoms with E-state index in [1.54, 1.807) is 12.3 Å². The van der Waals surface area contributed by atoms with Gasteiger partial charge in [-0.15, -0.1) is 5.10 Å². The van der Waals surface area contributed by atoms with Gasteiger partial charge in [-0.2, -0.15) is 5.10 Å². The van der Waals surface area contributed by atoms with Crippen molar-refractivity contribution in [3.63, 3.8) is 0 Å². The molecular weight excluding hydrogens is 184 g/mol. The van der Waals surface area contributed by atoms with Crippen LogP contribution in [0.4, 0.5) is 0 Å². The van der Waals surface area contributed by atoms with E-state index in [9.17, 15) is 0 Å². The molecule has 0 aliphatic rings. The maximum atomic E-state index is 5.72. The third-order valence-electron chi connectivity index (χ3n) is 1.73. The Morgan fingerprint density at radius 2 is 1.77 bits per heavy atom. The van der Waals surface area contributed by atoms with Crippen LogP contribution in [-0.2, 0) is 0 Å². The second kappa shape index (κ2) is 3.54. The highest BCUT2D eigenvalue weighted by Gasteiger charge is 1.97. The van der Waals surface area contributed by atoms with Crippen molar-refractivity contribution in [2.24, 2.45) is 0 Å². The summed E-state index contributed by atoms with van der Waals surface area (Å²) in [5.41, 5.74) is 2.08. The molecule has 2 nitrogen and oxygen atoms in total. The van der Waals surface area contributed by atoms with Crippen LogP contribution in [-0.4, -0.2) is 10.2 Å². The number of hydrogen-bond donors (Lipinski definition) is 0. The predicted octanol–water partition coefficient (Wildman–Crippen LogP) is 2.80. The molecule has 0 amide bonds. The molecule has 64 valence electrons. The smallest absolute Gasteiger partial charge is 0.152 e. The fourth-order valence-corrected chi connectivity index (χ4v) is 1.29. The third kappa shape index (κ3) is 1.84. The molecular formula is C10H7ClN2. The van der Waals surface area contributed by atoms with E-state index in [4.69, 9.17) is 11.6 Å². The Morgan fingerprint density at radius 1 is 1.00 bits per heavy atom. The van der Waals surface area contributed by atoms with Gasteiger partial charge in [0.15, 0.2) is 5.15 Å². The molecule has 2 aromatic rings. The van der Waals surface area contributed by atoms with E-state index < -0.39 is 0 Å². The van der Waals surface area contributed by atoms with E-state index in [1.165, 1.54) is 0 Å². The first-order chi connectivity index (χ1) is 6.36. The predicted molar refractivity (Wildman–Crippen MR) is 52.5 cm³/mol. The van der Waals surface area contributed by atoms with Crippen molar-refractivity contribution >= 4 is 11.6 Å². The lowest BCUT2D eigenvalue weighted by molar-refractivity contribution is 1.03. The summed E-state index contributed by atoms with van der Waals surface area (Å²) in [6.07, 6.45) is 1.70. The number of nitrogens with zero attached hydrogens (tertiary/aromatic N) is 2. The number of rotatable bonds is 1. The summed E-state index contributed by atoms with van der Waals surface area (Å²) in [7, 11) is 0. The molecule has 0 radical (unpaired) electrons. The lowest BCUT2D eigenvalue weighted by atomic mass is 10.1. The van der Waals surface area contributed by atoms with Crippen LogP contribution in [0.15, 0.2) is 42.6 Å². The minimum absolute atomic E-state index is 0.418. The van der Waals surface area contributed by atoms with Gasteiger partial charge in [0.2, 0.25) is 0 Å². The summed E-state index contributed by atoms with van der Waals surface area (Å²) < 4.78 is 0. The van der Waals surface area contributed by atoms with Crippen LogP contribution in [0.2, 0.25) is 5.15 Å². The molecule has 0 saturated heterocycles. The summed E-state index contributed by atoms with van der Waals surface area (Å²) in [6.45, 7) is 0. The van der Waals surface area contributed by atoms with Crippen molar-refractivity contribution in [2.75, 3.05) is 0 Å². The van der Waals surface area contributed by atoms with Crippen LogP contribution >= 0.6 is 11.6 Å². The number of aromatic nitrogens is 2. The summed E-state index contributed by atoms with van der Waals surface area (Å²) in [6, 6.07) is 11.7. The molecule has 0 unspecified atom stereocenters. The average molecular weight is 191 g/mol. The molecule has 0 N–H and O–H groups in total. The zero-order valence-corrected chi connectivity index (χ0v) is 7.57. The van der Waals surface area contributed by atoms with Crippen LogP contribution in [0.3, 0.4) is 0 Å². The maximum Gasteiger partial charge on any atom is 0.152 e. The molecule has 1 heterocycles. The monoisotopic (exact) mass is 190 g/mol. The highest BCUT2D eigenvalue weighted by molar-refractivity contribution is 6.29. The molecule has 2 rings (SSSR count). The van der Waals surface area contributed by atoms with Crippen molar-refractivity contribution in [3.8, 4) is 11.1 Å². The van der Waals surface area contributed by atoms with Crippen molar-refractivity contribution in [1.29, 1.82) is 0 Å². The van der Waals surface area contributed by atoms with Crippen LogP contribution in [0.1, 0.15) is 0 Å². The quantitative estimate of drug-likeness (QED) is 0.691. The van der Waals surface area contributed by atoms with Crippen molar-refractivity contribution < 1.29 is 0 Å². The van der Waals surface area contributed by atoms with Gasteiger partial charge >= 0.3 is 0 Å². The molecule has 0 spiro atoms. The van der Waals surface area contributed by atoms with Crippen LogP contribution in [0, 0.1) is 0 Å². The maximum absolute atomic E-state index is 5.72. The largest absolute Gasteiger partial charge is 0.157 e. The standard InChI is InChI=1S/C10H7ClN2/c11-10-6-9(7-12-13-10)8-4-2-1-3-5-8/h1-7H. The normalized spacial score (nSPS) is 9.92. The SMILES string of the molecule is Clc1cc(-c2ccccc2)cnn1. The third-order valence-corrected chi connectivity index (χ3v) is 1.92. The van der Waals surface area contributed by atoms with Gasteiger partial charge in [0.25, 0.3) is 0 Å². The molecule has 0 atom stereocenters. The Bertz CT molecular complexity index is 401. The fraction of sp³-hybridized carbons (Fsp3) is 0. The zero-order chi connectivity index (χ0) is 9.10. The van der Waals surface area contributed by atoms with Crippen LogP contribution < -0.4 is 0 Å². The number of hydrogen-bond acceptors (Lipinski definition) is 2. The van der Waals surface area contributed by atoms with E-state index in [-0.39, 0.29) is 0 Å². The van der Waals surface area contributed by atoms with Gasteiger partial charge in [-0.3, -0.25) is 0 Å². The van der Waals surface area contributed by atoms with E-state index >= 15 is 0 Å². The first kappa shape index (κ1) is 8.20. The van der Waals surface area contributed by atoms with Crippen LogP contribution in [0.5, 0.6) is 0 Å². The molecule has 1 aromatic heterocycles. The van der Waals surface area contributed by atoms with Gasteiger partial charge in [0.05, 0.1) is 6.20 Å². The lowest BCUT2D eigenvalue weighted by Crippen LogP contribution is -1.83. The number of halogens is 1. The minimum atomic E-state index is 0.418. The van der Waals surface area contributed by atoms with Gasteiger partial charge in [0.1, 0.15) is 0 Å². The molecule has 1 aromatic carbocycles. The topological polar surface area (TPSA) is 25.8 Å². The molecule has 0 fully saturated rings. The van der Waals surface area contributed by atoms with Gasteiger partial charge in [0, 0.05) is 5.56 Å². The lowest BCUT2D eigenvalue weighted by Gasteiger charge is -1.98. The van der Waals surface area contributed by atoms with Gasteiger partial charge < -0.3 is 0 Å². The van der Waals surface area contributed by atoms with E-state index in [1.807, 2.05) is 30.3 Å². The summed E-state index contributed by atoms with van der Waals surface area (Å²) in [4.78, 5) is 0. The van der Waals surface area contributed by atoms with E-state index in [0.29, 0.717) is 5.15 Å². The van der Waals surface area contributed by atoms with Gasteiger partial charge in [-0.1, -0.05) is 41.9 Å². The zero-order valence-electron chi connectivity index (χ0n) is 6.81. The van der Waals surface area contributed by atoms with Crippen LogP contribution in [0.25, 0.3) is 11.1 Å².